The fraction of sp³-hybridized carbons (Fsp3) is 0.267. The molecule has 0 unspecified atom stereocenters. The Morgan fingerprint density at radius 1 is 1.15 bits per heavy atom. The number of nitrogens with zero attached hydrogens (tertiary/aromatic N) is 1. The fourth-order valence-electron chi connectivity index (χ4n) is 1.65. The van der Waals surface area contributed by atoms with Gasteiger partial charge in [0.05, 0.1) is 0 Å². The molecule has 0 bridgehead atoms. The molecule has 0 saturated carbocycles. The van der Waals surface area contributed by atoms with Gasteiger partial charge < -0.3 is 10.1 Å². The topological polar surface area (TPSA) is 34.1 Å². The Labute approximate surface area is 116 Å². The average Bonchev–Trinajstić information content (AvgIpc) is 2.47. The average molecular weight is 278 g/mol. The molecule has 0 spiro atoms. The molecular weight excluding hydrogens is 262 g/mol. The van der Waals surface area contributed by atoms with Crippen molar-refractivity contribution in [3.05, 3.63) is 53.7 Å². The second-order valence-electron chi connectivity index (χ2n) is 4.34. The summed E-state index contributed by atoms with van der Waals surface area (Å²) in [7, 11) is 0. The highest BCUT2D eigenvalue weighted by molar-refractivity contribution is 5.37. The summed E-state index contributed by atoms with van der Waals surface area (Å²) in [4.78, 5) is 4.18. The zero-order valence-corrected chi connectivity index (χ0v) is 11.2. The summed E-state index contributed by atoms with van der Waals surface area (Å²) in [5.74, 6) is -0.725. The third-order valence-electron chi connectivity index (χ3n) is 2.68. The van der Waals surface area contributed by atoms with E-state index in [4.69, 9.17) is 4.74 Å². The largest absolute Gasteiger partial charge is 0.489 e. The summed E-state index contributed by atoms with van der Waals surface area (Å²) in [6, 6.07) is 7.17. The van der Waals surface area contributed by atoms with E-state index in [0.29, 0.717) is 5.75 Å². The number of hydrogen-bond acceptors (Lipinski definition) is 3. The summed E-state index contributed by atoms with van der Waals surface area (Å²) >= 11 is 0. The van der Waals surface area contributed by atoms with E-state index in [2.05, 4.69) is 17.2 Å². The normalized spacial score (nSPS) is 10.3. The van der Waals surface area contributed by atoms with Crippen molar-refractivity contribution >= 4 is 5.82 Å². The number of pyridine rings is 1. The molecule has 1 heterocycles. The van der Waals surface area contributed by atoms with Crippen LogP contribution >= 0.6 is 0 Å². The van der Waals surface area contributed by atoms with Gasteiger partial charge in [-0.2, -0.15) is 0 Å². The van der Waals surface area contributed by atoms with Gasteiger partial charge in [0.15, 0.2) is 11.6 Å². The first kappa shape index (κ1) is 14.2. The second kappa shape index (κ2) is 6.84. The van der Waals surface area contributed by atoms with Crippen molar-refractivity contribution in [1.82, 2.24) is 4.98 Å². The number of aromatic nitrogens is 1. The van der Waals surface area contributed by atoms with Crippen molar-refractivity contribution in [1.29, 1.82) is 0 Å². The summed E-state index contributed by atoms with van der Waals surface area (Å²) in [5.41, 5.74) is 0.906. The van der Waals surface area contributed by atoms with Crippen LogP contribution in [0.5, 0.6) is 5.75 Å². The van der Waals surface area contributed by atoms with E-state index in [1.54, 1.807) is 6.20 Å². The molecule has 5 heteroatoms. The smallest absolute Gasteiger partial charge is 0.162 e. The lowest BCUT2D eigenvalue weighted by molar-refractivity contribution is 0.303. The van der Waals surface area contributed by atoms with Gasteiger partial charge >= 0.3 is 0 Å². The van der Waals surface area contributed by atoms with Gasteiger partial charge in [-0.3, -0.25) is 0 Å². The molecule has 0 fully saturated rings. The third kappa shape index (κ3) is 3.91. The number of ether oxygens (including phenoxy) is 1. The van der Waals surface area contributed by atoms with E-state index in [1.165, 1.54) is 6.07 Å². The summed E-state index contributed by atoms with van der Waals surface area (Å²) < 4.78 is 31.2. The van der Waals surface area contributed by atoms with Crippen LogP contribution in [0.25, 0.3) is 0 Å². The number of nitrogens with one attached hydrogen (secondary N) is 1. The number of anilines is 1. The molecule has 2 rings (SSSR count). The van der Waals surface area contributed by atoms with Gasteiger partial charge in [-0.25, -0.2) is 13.8 Å². The molecule has 0 radical (unpaired) electrons. The van der Waals surface area contributed by atoms with Crippen LogP contribution < -0.4 is 10.1 Å². The van der Waals surface area contributed by atoms with Crippen LogP contribution in [0.4, 0.5) is 14.6 Å². The predicted molar refractivity (Wildman–Crippen MR) is 73.7 cm³/mol. The van der Waals surface area contributed by atoms with Crippen LogP contribution in [0.1, 0.15) is 18.9 Å². The number of halogens is 2. The molecule has 20 heavy (non-hydrogen) atoms. The zero-order chi connectivity index (χ0) is 14.4. The minimum atomic E-state index is -0.914. The van der Waals surface area contributed by atoms with Gasteiger partial charge in [-0.15, -0.1) is 0 Å². The summed E-state index contributed by atoms with van der Waals surface area (Å²) in [5, 5.41) is 3.17. The molecule has 0 aliphatic rings. The van der Waals surface area contributed by atoms with E-state index < -0.39 is 11.6 Å². The summed E-state index contributed by atoms with van der Waals surface area (Å²) in [6.07, 6.45) is 2.69. The molecule has 2 aromatic rings. The Kier molecular flexibility index (Phi) is 4.87. The maximum absolute atomic E-state index is 13.0. The lowest BCUT2D eigenvalue weighted by Gasteiger charge is -2.08. The molecule has 0 saturated heterocycles. The number of rotatable bonds is 6. The Morgan fingerprint density at radius 3 is 2.75 bits per heavy atom. The SMILES string of the molecule is CCCNc1cc(COc2ccc(F)c(F)c2)ccn1. The van der Waals surface area contributed by atoms with Crippen molar-refractivity contribution in [2.45, 2.75) is 20.0 Å². The first-order valence-electron chi connectivity index (χ1n) is 6.45. The van der Waals surface area contributed by atoms with Gasteiger partial charge in [-0.05, 0) is 36.2 Å². The van der Waals surface area contributed by atoms with Gasteiger partial charge in [0.25, 0.3) is 0 Å². The standard InChI is InChI=1S/C15H16F2N2O/c1-2-6-18-15-8-11(5-7-19-15)10-20-12-3-4-13(16)14(17)9-12/h3-5,7-9H,2,6,10H2,1H3,(H,18,19). The van der Waals surface area contributed by atoms with E-state index in [9.17, 15) is 8.78 Å². The predicted octanol–water partition coefficient (Wildman–Crippen LogP) is 3.76. The number of benzene rings is 1. The molecule has 3 nitrogen and oxygen atoms in total. The first-order chi connectivity index (χ1) is 9.69. The van der Waals surface area contributed by atoms with E-state index in [-0.39, 0.29) is 6.61 Å². The Hall–Kier alpha value is -2.17. The van der Waals surface area contributed by atoms with Gasteiger partial charge in [0.1, 0.15) is 18.2 Å². The highest BCUT2D eigenvalue weighted by Gasteiger charge is 2.04. The van der Waals surface area contributed by atoms with Crippen LogP contribution in [0, 0.1) is 11.6 Å². The minimum Gasteiger partial charge on any atom is -0.489 e. The maximum atomic E-state index is 13.0. The lowest BCUT2D eigenvalue weighted by Crippen LogP contribution is -2.03. The van der Waals surface area contributed by atoms with E-state index >= 15 is 0 Å². The first-order valence-corrected chi connectivity index (χ1v) is 6.45. The van der Waals surface area contributed by atoms with Crippen LogP contribution in [-0.4, -0.2) is 11.5 Å². The maximum Gasteiger partial charge on any atom is 0.162 e. The molecule has 1 aromatic carbocycles. The van der Waals surface area contributed by atoms with Crippen molar-refractivity contribution in [2.75, 3.05) is 11.9 Å². The van der Waals surface area contributed by atoms with Gasteiger partial charge in [0.2, 0.25) is 0 Å². The Bertz CT molecular complexity index is 576. The van der Waals surface area contributed by atoms with Crippen molar-refractivity contribution < 1.29 is 13.5 Å². The van der Waals surface area contributed by atoms with Gasteiger partial charge in [0, 0.05) is 18.8 Å². The van der Waals surface area contributed by atoms with Crippen molar-refractivity contribution in [3.63, 3.8) is 0 Å². The van der Waals surface area contributed by atoms with Crippen LogP contribution in [-0.2, 0) is 6.61 Å². The highest BCUT2D eigenvalue weighted by atomic mass is 19.2. The number of hydrogen-bond donors (Lipinski definition) is 1. The van der Waals surface area contributed by atoms with Crippen LogP contribution in [0.3, 0.4) is 0 Å². The Morgan fingerprint density at radius 2 is 2.00 bits per heavy atom. The zero-order valence-electron chi connectivity index (χ0n) is 11.2. The van der Waals surface area contributed by atoms with Crippen LogP contribution in [0.2, 0.25) is 0 Å². The molecule has 0 aliphatic carbocycles. The second-order valence-corrected chi connectivity index (χ2v) is 4.34. The lowest BCUT2D eigenvalue weighted by atomic mass is 10.2. The monoisotopic (exact) mass is 278 g/mol. The molecule has 1 aromatic heterocycles. The van der Waals surface area contributed by atoms with Crippen LogP contribution in [0.15, 0.2) is 36.5 Å². The van der Waals surface area contributed by atoms with Gasteiger partial charge in [-0.1, -0.05) is 6.92 Å². The molecular formula is C15H16F2N2O. The summed E-state index contributed by atoms with van der Waals surface area (Å²) in [6.45, 7) is 3.19. The molecule has 1 N–H and O–H groups in total. The quantitative estimate of drug-likeness (QED) is 0.873. The molecule has 0 aliphatic heterocycles. The van der Waals surface area contributed by atoms with Crippen molar-refractivity contribution in [2.24, 2.45) is 0 Å². The third-order valence-corrected chi connectivity index (χ3v) is 2.68. The minimum absolute atomic E-state index is 0.272. The highest BCUT2D eigenvalue weighted by Crippen LogP contribution is 2.17. The molecule has 106 valence electrons. The molecule has 0 atom stereocenters. The fourth-order valence-corrected chi connectivity index (χ4v) is 1.65. The Balaban J connectivity index is 1.97. The van der Waals surface area contributed by atoms with E-state index in [1.807, 2.05) is 12.1 Å². The van der Waals surface area contributed by atoms with E-state index in [0.717, 1.165) is 36.5 Å². The van der Waals surface area contributed by atoms with Crippen molar-refractivity contribution in [3.8, 4) is 5.75 Å². The molecule has 0 amide bonds.